The second-order valence-corrected chi connectivity index (χ2v) is 6.03. The van der Waals surface area contributed by atoms with Gasteiger partial charge < -0.3 is 30.7 Å². The predicted octanol–water partition coefficient (Wildman–Crippen LogP) is 0.580. The zero-order valence-corrected chi connectivity index (χ0v) is 15.4. The van der Waals surface area contributed by atoms with Crippen molar-refractivity contribution in [1.82, 2.24) is 10.6 Å². The van der Waals surface area contributed by atoms with E-state index in [4.69, 9.17) is 14.9 Å². The third-order valence-corrected chi connectivity index (χ3v) is 3.74. The molecule has 11 nitrogen and oxygen atoms in total. The van der Waals surface area contributed by atoms with Crippen molar-refractivity contribution >= 4 is 29.9 Å². The van der Waals surface area contributed by atoms with Gasteiger partial charge in [-0.2, -0.15) is 0 Å². The van der Waals surface area contributed by atoms with Crippen molar-refractivity contribution in [3.8, 4) is 0 Å². The minimum Gasteiger partial charge on any atom is -0.481 e. The van der Waals surface area contributed by atoms with E-state index >= 15 is 0 Å². The lowest BCUT2D eigenvalue weighted by Crippen LogP contribution is -2.44. The monoisotopic (exact) mass is 410 g/mol. The van der Waals surface area contributed by atoms with Gasteiger partial charge in [-0.25, -0.2) is 14.4 Å². The summed E-state index contributed by atoms with van der Waals surface area (Å²) < 4.78 is 4.92. The number of carboxylic acids is 3. The molecule has 0 spiro atoms. The molecule has 0 aliphatic rings. The molecule has 0 aliphatic carbocycles. The molecule has 1 aromatic carbocycles. The molecule has 2 unspecified atom stereocenters. The predicted molar refractivity (Wildman–Crippen MR) is 96.9 cm³/mol. The van der Waals surface area contributed by atoms with Gasteiger partial charge in [0.05, 0.1) is 0 Å². The van der Waals surface area contributed by atoms with E-state index in [0.717, 1.165) is 0 Å². The van der Waals surface area contributed by atoms with Crippen LogP contribution in [0.5, 0.6) is 0 Å². The highest BCUT2D eigenvalue weighted by Crippen LogP contribution is 2.04. The Morgan fingerprint density at radius 2 is 1.38 bits per heavy atom. The highest BCUT2D eigenvalue weighted by Gasteiger charge is 2.24. The topological polar surface area (TPSA) is 179 Å². The molecule has 29 heavy (non-hydrogen) atoms. The van der Waals surface area contributed by atoms with Gasteiger partial charge in [-0.15, -0.1) is 0 Å². The van der Waals surface area contributed by atoms with E-state index in [1.54, 1.807) is 30.3 Å². The fourth-order valence-corrected chi connectivity index (χ4v) is 2.23. The molecule has 0 aromatic heterocycles. The Morgan fingerprint density at radius 3 is 1.93 bits per heavy atom. The van der Waals surface area contributed by atoms with Crippen molar-refractivity contribution in [1.29, 1.82) is 0 Å². The molecular formula is C18H22N2O9. The van der Waals surface area contributed by atoms with Crippen LogP contribution in [0.4, 0.5) is 4.79 Å². The summed E-state index contributed by atoms with van der Waals surface area (Å²) in [7, 11) is 0. The molecule has 0 aliphatic heterocycles. The van der Waals surface area contributed by atoms with Crippen LogP contribution in [-0.2, 0) is 30.5 Å². The first kappa shape index (κ1) is 23.4. The summed E-state index contributed by atoms with van der Waals surface area (Å²) >= 11 is 0. The number of benzene rings is 1. The smallest absolute Gasteiger partial charge is 0.408 e. The van der Waals surface area contributed by atoms with Crippen LogP contribution >= 0.6 is 0 Å². The molecule has 0 saturated heterocycles. The van der Waals surface area contributed by atoms with Crippen LogP contribution in [-0.4, -0.2) is 57.3 Å². The molecule has 11 heteroatoms. The van der Waals surface area contributed by atoms with E-state index in [2.05, 4.69) is 10.6 Å². The van der Waals surface area contributed by atoms with Crippen molar-refractivity contribution in [3.05, 3.63) is 35.9 Å². The number of carboxylic acid groups (broad SMARTS) is 3. The molecule has 2 atom stereocenters. The minimum absolute atomic E-state index is 0.0661. The van der Waals surface area contributed by atoms with Gasteiger partial charge in [0.2, 0.25) is 5.91 Å². The van der Waals surface area contributed by atoms with Crippen LogP contribution in [0.15, 0.2) is 30.3 Å². The maximum absolute atomic E-state index is 11.9. The van der Waals surface area contributed by atoms with Crippen LogP contribution in [0.3, 0.4) is 0 Å². The number of nitrogens with one attached hydrogen (secondary N) is 2. The van der Waals surface area contributed by atoms with Crippen molar-refractivity contribution in [2.45, 2.75) is 44.4 Å². The molecule has 158 valence electrons. The quantitative estimate of drug-likeness (QED) is 0.329. The Balaban J connectivity index is 2.48. The van der Waals surface area contributed by atoms with Gasteiger partial charge in [-0.3, -0.25) is 9.59 Å². The summed E-state index contributed by atoms with van der Waals surface area (Å²) in [6, 6.07) is 5.88. The second-order valence-electron chi connectivity index (χ2n) is 6.03. The molecule has 2 amide bonds. The van der Waals surface area contributed by atoms with Crippen molar-refractivity contribution < 1.29 is 44.0 Å². The Bertz CT molecular complexity index is 736. The summed E-state index contributed by atoms with van der Waals surface area (Å²) in [6.07, 6.45) is -2.46. The van der Waals surface area contributed by atoms with Gasteiger partial charge in [-0.05, 0) is 18.4 Å². The Morgan fingerprint density at radius 1 is 0.828 bits per heavy atom. The summed E-state index contributed by atoms with van der Waals surface area (Å²) in [5, 5.41) is 31.0. The number of aliphatic carboxylic acids is 3. The minimum atomic E-state index is -1.42. The molecule has 5 N–H and O–H groups in total. The highest BCUT2D eigenvalue weighted by molar-refractivity contribution is 5.85. The van der Waals surface area contributed by atoms with E-state index in [9.17, 15) is 29.1 Å². The molecule has 1 rings (SSSR count). The van der Waals surface area contributed by atoms with Gasteiger partial charge in [0.25, 0.3) is 0 Å². The standard InChI is InChI=1S/C18H22N2O9/c21-14(19-12(16(24)25)7-9-15(22)23)8-6-13(17(26)27)20-18(28)29-10-11-4-2-1-3-5-11/h1-5,12-13H,6-10H2,(H,19,21)(H,20,28)(H,22,23)(H,24,25)(H,26,27). The Kier molecular flexibility index (Phi) is 9.65. The summed E-state index contributed by atoms with van der Waals surface area (Å²) in [4.78, 5) is 56.5. The van der Waals surface area contributed by atoms with E-state index in [-0.39, 0.29) is 19.4 Å². The lowest BCUT2D eigenvalue weighted by molar-refractivity contribution is -0.143. The first-order valence-electron chi connectivity index (χ1n) is 8.63. The summed E-state index contributed by atoms with van der Waals surface area (Å²) in [6.45, 7) is -0.0661. The Hall–Kier alpha value is -3.63. The lowest BCUT2D eigenvalue weighted by atomic mass is 10.1. The number of carbonyl (C=O) groups is 5. The van der Waals surface area contributed by atoms with Crippen LogP contribution in [0.25, 0.3) is 0 Å². The van der Waals surface area contributed by atoms with E-state index in [1.807, 2.05) is 0 Å². The normalized spacial score (nSPS) is 12.3. The van der Waals surface area contributed by atoms with Crippen LogP contribution < -0.4 is 10.6 Å². The van der Waals surface area contributed by atoms with Gasteiger partial charge >= 0.3 is 24.0 Å². The molecular weight excluding hydrogens is 388 g/mol. The summed E-state index contributed by atoms with van der Waals surface area (Å²) in [5.41, 5.74) is 0.704. The average Bonchev–Trinajstić information content (AvgIpc) is 2.66. The van der Waals surface area contributed by atoms with E-state index in [1.165, 1.54) is 0 Å². The summed E-state index contributed by atoms with van der Waals surface area (Å²) in [5.74, 6) is -4.80. The van der Waals surface area contributed by atoms with Gasteiger partial charge in [-0.1, -0.05) is 30.3 Å². The number of hydrogen-bond acceptors (Lipinski definition) is 6. The maximum atomic E-state index is 11.9. The number of carbonyl (C=O) groups excluding carboxylic acids is 2. The zero-order valence-electron chi connectivity index (χ0n) is 15.4. The molecule has 0 bridgehead atoms. The number of hydrogen-bond donors (Lipinski definition) is 5. The zero-order chi connectivity index (χ0) is 21.8. The number of ether oxygens (including phenoxy) is 1. The van der Waals surface area contributed by atoms with E-state index in [0.29, 0.717) is 5.56 Å². The van der Waals surface area contributed by atoms with Crippen LogP contribution in [0, 0.1) is 0 Å². The molecule has 0 saturated carbocycles. The van der Waals surface area contributed by atoms with E-state index < -0.39 is 54.8 Å². The van der Waals surface area contributed by atoms with Crippen LogP contribution in [0.2, 0.25) is 0 Å². The first-order chi connectivity index (χ1) is 13.7. The largest absolute Gasteiger partial charge is 0.481 e. The van der Waals surface area contributed by atoms with Crippen molar-refractivity contribution in [3.63, 3.8) is 0 Å². The van der Waals surface area contributed by atoms with Gasteiger partial charge in [0.15, 0.2) is 0 Å². The number of amides is 2. The SMILES string of the molecule is O=C(O)CCC(NC(=O)CCC(NC(=O)OCc1ccccc1)C(=O)O)C(=O)O. The Labute approximate surface area is 165 Å². The third-order valence-electron chi connectivity index (χ3n) is 3.74. The highest BCUT2D eigenvalue weighted by atomic mass is 16.5. The number of rotatable bonds is 12. The van der Waals surface area contributed by atoms with Gasteiger partial charge in [0, 0.05) is 12.8 Å². The fourth-order valence-electron chi connectivity index (χ4n) is 2.23. The van der Waals surface area contributed by atoms with Crippen molar-refractivity contribution in [2.24, 2.45) is 0 Å². The number of alkyl carbamates (subject to hydrolysis) is 1. The molecule has 0 radical (unpaired) electrons. The second kappa shape index (κ2) is 12.0. The first-order valence-corrected chi connectivity index (χ1v) is 8.63. The molecule has 0 fully saturated rings. The maximum Gasteiger partial charge on any atom is 0.408 e. The van der Waals surface area contributed by atoms with Gasteiger partial charge in [0.1, 0.15) is 18.7 Å². The lowest BCUT2D eigenvalue weighted by Gasteiger charge is -2.16. The van der Waals surface area contributed by atoms with Crippen LogP contribution in [0.1, 0.15) is 31.2 Å². The third kappa shape index (κ3) is 9.75. The fraction of sp³-hybridized carbons (Fsp3) is 0.389. The molecule has 0 heterocycles. The average molecular weight is 410 g/mol. The molecule has 1 aromatic rings. The van der Waals surface area contributed by atoms with Crippen molar-refractivity contribution in [2.75, 3.05) is 0 Å².